The molecule has 1 fully saturated rings. The third-order valence-electron chi connectivity index (χ3n) is 4.57. The van der Waals surface area contributed by atoms with Crippen molar-refractivity contribution in [1.29, 1.82) is 0 Å². The van der Waals surface area contributed by atoms with E-state index in [-0.39, 0.29) is 5.91 Å². The average molecular weight is 355 g/mol. The maximum Gasteiger partial charge on any atom is 0.272 e. The number of carbonyl (C=O) groups is 1. The van der Waals surface area contributed by atoms with Gasteiger partial charge in [0.05, 0.1) is 14.2 Å². The van der Waals surface area contributed by atoms with E-state index in [9.17, 15) is 4.79 Å². The van der Waals surface area contributed by atoms with Crippen LogP contribution in [0, 0.1) is 0 Å². The van der Waals surface area contributed by atoms with Crippen molar-refractivity contribution in [3.8, 4) is 11.5 Å². The monoisotopic (exact) mass is 355 g/mol. The Morgan fingerprint density at radius 2 is 1.85 bits per heavy atom. The van der Waals surface area contributed by atoms with Gasteiger partial charge in [0.2, 0.25) is 0 Å². The van der Waals surface area contributed by atoms with Crippen LogP contribution < -0.4 is 14.8 Å². The number of pyridine rings is 1. The van der Waals surface area contributed by atoms with Crippen molar-refractivity contribution in [1.82, 2.24) is 9.88 Å². The number of carbonyl (C=O) groups excluding carboxylic acids is 1. The highest BCUT2D eigenvalue weighted by Gasteiger charge is 2.19. The molecule has 1 aromatic heterocycles. The number of methoxy groups -OCH3 is 2. The minimum atomic E-state index is 0.0134. The molecule has 0 atom stereocenters. The van der Waals surface area contributed by atoms with E-state index in [0.717, 1.165) is 37.2 Å². The van der Waals surface area contributed by atoms with Gasteiger partial charge in [-0.3, -0.25) is 9.78 Å². The maximum atomic E-state index is 12.6. The largest absolute Gasteiger partial charge is 0.493 e. The zero-order valence-corrected chi connectivity index (χ0v) is 15.3. The second-order valence-electron chi connectivity index (χ2n) is 6.33. The lowest BCUT2D eigenvalue weighted by Gasteiger charge is -2.26. The standard InChI is InChI=1S/C20H25N3O3/c1-25-18-7-6-15(12-19(18)26-2)14-22-16-8-9-21-17(13-16)20(24)23-10-4-3-5-11-23/h6-9,12-13H,3-5,10-11,14H2,1-2H3,(H,21,22). The number of anilines is 1. The number of benzene rings is 1. The highest BCUT2D eigenvalue weighted by atomic mass is 16.5. The van der Waals surface area contributed by atoms with Crippen molar-refractivity contribution < 1.29 is 14.3 Å². The molecule has 0 unspecified atom stereocenters. The van der Waals surface area contributed by atoms with E-state index in [1.807, 2.05) is 35.2 Å². The third kappa shape index (κ3) is 4.25. The topological polar surface area (TPSA) is 63.7 Å². The molecule has 3 rings (SSSR count). The van der Waals surface area contributed by atoms with E-state index in [4.69, 9.17) is 9.47 Å². The van der Waals surface area contributed by atoms with E-state index in [1.165, 1.54) is 6.42 Å². The molecule has 26 heavy (non-hydrogen) atoms. The zero-order valence-electron chi connectivity index (χ0n) is 15.3. The Labute approximate surface area is 154 Å². The molecule has 0 saturated carbocycles. The van der Waals surface area contributed by atoms with Crippen molar-refractivity contribution in [3.05, 3.63) is 47.8 Å². The molecule has 1 saturated heterocycles. The average Bonchev–Trinajstić information content (AvgIpc) is 2.72. The first-order chi connectivity index (χ1) is 12.7. The summed E-state index contributed by atoms with van der Waals surface area (Å²) in [6, 6.07) is 9.49. The number of aromatic nitrogens is 1. The van der Waals surface area contributed by atoms with E-state index in [2.05, 4.69) is 10.3 Å². The predicted octanol–water partition coefficient (Wildman–Crippen LogP) is 3.34. The molecule has 0 bridgehead atoms. The van der Waals surface area contributed by atoms with Gasteiger partial charge in [-0.25, -0.2) is 0 Å². The van der Waals surface area contributed by atoms with Gasteiger partial charge in [0, 0.05) is 31.5 Å². The summed E-state index contributed by atoms with van der Waals surface area (Å²) in [6.07, 6.45) is 5.02. The number of rotatable bonds is 6. The second-order valence-corrected chi connectivity index (χ2v) is 6.33. The van der Waals surface area contributed by atoms with Gasteiger partial charge in [-0.1, -0.05) is 6.07 Å². The number of hydrogen-bond donors (Lipinski definition) is 1. The van der Waals surface area contributed by atoms with Crippen molar-refractivity contribution in [2.45, 2.75) is 25.8 Å². The van der Waals surface area contributed by atoms with Crippen molar-refractivity contribution in [2.75, 3.05) is 32.6 Å². The molecule has 1 aliphatic rings. The van der Waals surface area contributed by atoms with Gasteiger partial charge in [-0.2, -0.15) is 0 Å². The van der Waals surface area contributed by atoms with Crippen LogP contribution in [0.1, 0.15) is 35.3 Å². The summed E-state index contributed by atoms with van der Waals surface area (Å²) in [4.78, 5) is 18.7. The van der Waals surface area contributed by atoms with Gasteiger partial charge in [-0.05, 0) is 49.1 Å². The minimum Gasteiger partial charge on any atom is -0.493 e. The normalized spacial score (nSPS) is 14.0. The summed E-state index contributed by atoms with van der Waals surface area (Å²) in [7, 11) is 3.24. The Balaban J connectivity index is 1.66. The fourth-order valence-corrected chi connectivity index (χ4v) is 3.11. The second kappa shape index (κ2) is 8.56. The quantitative estimate of drug-likeness (QED) is 0.861. The Hall–Kier alpha value is -2.76. The number of amides is 1. The van der Waals surface area contributed by atoms with Gasteiger partial charge < -0.3 is 19.7 Å². The van der Waals surface area contributed by atoms with Crippen molar-refractivity contribution in [2.24, 2.45) is 0 Å². The molecular weight excluding hydrogens is 330 g/mol. The third-order valence-corrected chi connectivity index (χ3v) is 4.57. The summed E-state index contributed by atoms with van der Waals surface area (Å²) in [6.45, 7) is 2.26. The molecular formula is C20H25N3O3. The Morgan fingerprint density at radius 3 is 2.58 bits per heavy atom. The predicted molar refractivity (Wildman–Crippen MR) is 101 cm³/mol. The van der Waals surface area contributed by atoms with Crippen LogP contribution in [0.5, 0.6) is 11.5 Å². The van der Waals surface area contributed by atoms with Gasteiger partial charge >= 0.3 is 0 Å². The van der Waals surface area contributed by atoms with Crippen LogP contribution in [0.15, 0.2) is 36.5 Å². The smallest absolute Gasteiger partial charge is 0.272 e. The number of ether oxygens (including phenoxy) is 2. The molecule has 1 aliphatic heterocycles. The fourth-order valence-electron chi connectivity index (χ4n) is 3.11. The zero-order chi connectivity index (χ0) is 18.4. The molecule has 0 radical (unpaired) electrons. The number of hydrogen-bond acceptors (Lipinski definition) is 5. The van der Waals surface area contributed by atoms with Gasteiger partial charge in [-0.15, -0.1) is 0 Å². The molecule has 2 heterocycles. The van der Waals surface area contributed by atoms with Crippen molar-refractivity contribution >= 4 is 11.6 Å². The lowest BCUT2D eigenvalue weighted by molar-refractivity contribution is 0.0718. The molecule has 138 valence electrons. The fraction of sp³-hybridized carbons (Fsp3) is 0.400. The van der Waals surface area contributed by atoms with E-state index < -0.39 is 0 Å². The van der Waals surface area contributed by atoms with Crippen LogP contribution in [0.3, 0.4) is 0 Å². The summed E-state index contributed by atoms with van der Waals surface area (Å²) >= 11 is 0. The Morgan fingerprint density at radius 1 is 1.08 bits per heavy atom. The Bertz CT molecular complexity index is 758. The van der Waals surface area contributed by atoms with Crippen LogP contribution >= 0.6 is 0 Å². The van der Waals surface area contributed by atoms with E-state index >= 15 is 0 Å². The number of piperidine rings is 1. The van der Waals surface area contributed by atoms with Crippen LogP contribution in [-0.4, -0.2) is 43.1 Å². The van der Waals surface area contributed by atoms with Gasteiger partial charge in [0.15, 0.2) is 11.5 Å². The molecule has 1 aromatic carbocycles. The van der Waals surface area contributed by atoms with Crippen LogP contribution in [0.4, 0.5) is 5.69 Å². The SMILES string of the molecule is COc1ccc(CNc2ccnc(C(=O)N3CCCCC3)c2)cc1OC. The first-order valence-electron chi connectivity index (χ1n) is 8.91. The molecule has 6 nitrogen and oxygen atoms in total. The molecule has 0 spiro atoms. The van der Waals surface area contributed by atoms with Gasteiger partial charge in [0.25, 0.3) is 5.91 Å². The molecule has 1 N–H and O–H groups in total. The lowest BCUT2D eigenvalue weighted by Crippen LogP contribution is -2.36. The number of nitrogens with zero attached hydrogens (tertiary/aromatic N) is 2. The highest BCUT2D eigenvalue weighted by Crippen LogP contribution is 2.27. The van der Waals surface area contributed by atoms with Gasteiger partial charge in [0.1, 0.15) is 5.69 Å². The summed E-state index contributed by atoms with van der Waals surface area (Å²) < 4.78 is 10.6. The van der Waals surface area contributed by atoms with Crippen LogP contribution in [0.25, 0.3) is 0 Å². The first kappa shape index (κ1) is 18.0. The summed E-state index contributed by atoms with van der Waals surface area (Å²) in [5.74, 6) is 1.41. The molecule has 6 heteroatoms. The number of nitrogens with one attached hydrogen (secondary N) is 1. The maximum absolute atomic E-state index is 12.6. The summed E-state index contributed by atoms with van der Waals surface area (Å²) in [5, 5.41) is 3.34. The molecule has 2 aromatic rings. The highest BCUT2D eigenvalue weighted by molar-refractivity contribution is 5.93. The van der Waals surface area contributed by atoms with Crippen LogP contribution in [-0.2, 0) is 6.54 Å². The van der Waals surface area contributed by atoms with E-state index in [1.54, 1.807) is 20.4 Å². The number of likely N-dealkylation sites (tertiary alicyclic amines) is 1. The summed E-state index contributed by atoms with van der Waals surface area (Å²) in [5.41, 5.74) is 2.42. The van der Waals surface area contributed by atoms with Crippen LogP contribution in [0.2, 0.25) is 0 Å². The lowest BCUT2D eigenvalue weighted by atomic mass is 10.1. The van der Waals surface area contributed by atoms with E-state index in [0.29, 0.717) is 23.7 Å². The minimum absolute atomic E-state index is 0.0134. The molecule has 0 aliphatic carbocycles. The molecule has 1 amide bonds. The Kier molecular flexibility index (Phi) is 5.94. The first-order valence-corrected chi connectivity index (χ1v) is 8.91. The van der Waals surface area contributed by atoms with Crippen molar-refractivity contribution in [3.63, 3.8) is 0 Å².